The maximum absolute atomic E-state index is 12.5. The van der Waals surface area contributed by atoms with Crippen molar-refractivity contribution in [2.75, 3.05) is 19.6 Å². The van der Waals surface area contributed by atoms with Gasteiger partial charge < -0.3 is 9.80 Å². The molecule has 0 bridgehead atoms. The number of rotatable bonds is 2. The Kier molecular flexibility index (Phi) is 3.78. The highest BCUT2D eigenvalue weighted by atomic mass is 79.9. The minimum atomic E-state index is -0.258. The van der Waals surface area contributed by atoms with Gasteiger partial charge in [0, 0.05) is 29.7 Å². The van der Waals surface area contributed by atoms with Gasteiger partial charge in [0.05, 0.1) is 0 Å². The summed E-state index contributed by atoms with van der Waals surface area (Å²) in [5.41, 5.74) is 0.650. The van der Waals surface area contributed by atoms with Crippen LogP contribution in [0, 0.1) is 0 Å². The van der Waals surface area contributed by atoms with E-state index in [1.54, 1.807) is 17.0 Å². The van der Waals surface area contributed by atoms with E-state index >= 15 is 0 Å². The van der Waals surface area contributed by atoms with E-state index in [1.165, 1.54) is 0 Å². The van der Waals surface area contributed by atoms with E-state index in [-0.39, 0.29) is 17.9 Å². The number of hydrogen-bond acceptors (Lipinski definition) is 2. The van der Waals surface area contributed by atoms with E-state index in [0.717, 1.165) is 36.8 Å². The molecule has 0 spiro atoms. The molecule has 4 nitrogen and oxygen atoms in total. The molecule has 3 rings (SSSR count). The van der Waals surface area contributed by atoms with Gasteiger partial charge in [-0.2, -0.15) is 0 Å². The second kappa shape index (κ2) is 5.56. The van der Waals surface area contributed by atoms with Gasteiger partial charge in [0.15, 0.2) is 0 Å². The number of amides is 2. The van der Waals surface area contributed by atoms with Crippen LogP contribution < -0.4 is 0 Å². The SMILES string of the molecule is O=C(C1CCCN1C(=O)c1ccc(Br)cc1)N1CCC1. The molecule has 2 heterocycles. The molecule has 0 N–H and O–H groups in total. The van der Waals surface area contributed by atoms with E-state index in [2.05, 4.69) is 15.9 Å². The second-order valence-electron chi connectivity index (χ2n) is 5.34. The zero-order chi connectivity index (χ0) is 14.1. The van der Waals surface area contributed by atoms with Crippen molar-refractivity contribution in [3.05, 3.63) is 34.3 Å². The predicted molar refractivity (Wildman–Crippen MR) is 79.4 cm³/mol. The zero-order valence-corrected chi connectivity index (χ0v) is 12.8. The summed E-state index contributed by atoms with van der Waals surface area (Å²) < 4.78 is 0.948. The van der Waals surface area contributed by atoms with E-state index in [0.29, 0.717) is 12.1 Å². The molecule has 0 saturated carbocycles. The van der Waals surface area contributed by atoms with Crippen molar-refractivity contribution in [3.63, 3.8) is 0 Å². The van der Waals surface area contributed by atoms with Gasteiger partial charge in [-0.15, -0.1) is 0 Å². The lowest BCUT2D eigenvalue weighted by Gasteiger charge is -2.35. The van der Waals surface area contributed by atoms with Gasteiger partial charge in [0.1, 0.15) is 6.04 Å². The summed E-state index contributed by atoms with van der Waals surface area (Å²) in [6.45, 7) is 2.37. The second-order valence-corrected chi connectivity index (χ2v) is 6.26. The van der Waals surface area contributed by atoms with Crippen molar-refractivity contribution < 1.29 is 9.59 Å². The molecule has 106 valence electrons. The number of carbonyl (C=O) groups is 2. The number of carbonyl (C=O) groups excluding carboxylic acids is 2. The Labute approximate surface area is 126 Å². The monoisotopic (exact) mass is 336 g/mol. The lowest BCUT2D eigenvalue weighted by atomic mass is 10.1. The third-order valence-corrected chi connectivity index (χ3v) is 4.59. The van der Waals surface area contributed by atoms with Crippen molar-refractivity contribution in [1.82, 2.24) is 9.80 Å². The lowest BCUT2D eigenvalue weighted by Crippen LogP contribution is -2.52. The van der Waals surface area contributed by atoms with Crippen LogP contribution in [0.1, 0.15) is 29.6 Å². The minimum Gasteiger partial charge on any atom is -0.341 e. The molecule has 2 amide bonds. The molecule has 2 aliphatic heterocycles. The average Bonchev–Trinajstić information content (AvgIpc) is 2.85. The van der Waals surface area contributed by atoms with E-state index in [9.17, 15) is 9.59 Å². The summed E-state index contributed by atoms with van der Waals surface area (Å²) in [5, 5.41) is 0. The fourth-order valence-electron chi connectivity index (χ4n) is 2.77. The van der Waals surface area contributed by atoms with Crippen molar-refractivity contribution in [2.24, 2.45) is 0 Å². The summed E-state index contributed by atoms with van der Waals surface area (Å²) in [6, 6.07) is 7.06. The van der Waals surface area contributed by atoms with Crippen LogP contribution in [0.2, 0.25) is 0 Å². The summed E-state index contributed by atoms with van der Waals surface area (Å²) in [7, 11) is 0. The first kappa shape index (κ1) is 13.6. The first-order valence-electron chi connectivity index (χ1n) is 7.02. The van der Waals surface area contributed by atoms with Gasteiger partial charge in [-0.1, -0.05) is 15.9 Å². The van der Waals surface area contributed by atoms with Gasteiger partial charge >= 0.3 is 0 Å². The van der Waals surface area contributed by atoms with E-state index in [1.807, 2.05) is 17.0 Å². The molecular weight excluding hydrogens is 320 g/mol. The average molecular weight is 337 g/mol. The number of hydrogen-bond donors (Lipinski definition) is 0. The Bertz CT molecular complexity index is 525. The van der Waals surface area contributed by atoms with Crippen LogP contribution in [-0.2, 0) is 4.79 Å². The van der Waals surface area contributed by atoms with Gasteiger partial charge in [-0.05, 0) is 43.5 Å². The Morgan fingerprint density at radius 2 is 1.75 bits per heavy atom. The van der Waals surface area contributed by atoms with Crippen LogP contribution in [-0.4, -0.2) is 47.3 Å². The first-order chi connectivity index (χ1) is 9.66. The third-order valence-electron chi connectivity index (χ3n) is 4.06. The van der Waals surface area contributed by atoms with Crippen LogP contribution in [0.5, 0.6) is 0 Å². The number of nitrogens with zero attached hydrogens (tertiary/aromatic N) is 2. The molecule has 1 aromatic rings. The molecule has 2 saturated heterocycles. The Morgan fingerprint density at radius 1 is 1.05 bits per heavy atom. The molecule has 0 aliphatic carbocycles. The van der Waals surface area contributed by atoms with Crippen LogP contribution >= 0.6 is 15.9 Å². The Morgan fingerprint density at radius 3 is 2.35 bits per heavy atom. The molecule has 5 heteroatoms. The summed E-state index contributed by atoms with van der Waals surface area (Å²) >= 11 is 3.36. The maximum Gasteiger partial charge on any atom is 0.254 e. The first-order valence-corrected chi connectivity index (χ1v) is 7.81. The zero-order valence-electron chi connectivity index (χ0n) is 11.2. The normalized spacial score (nSPS) is 21.8. The number of halogens is 1. The highest BCUT2D eigenvalue weighted by Gasteiger charge is 2.38. The molecule has 20 heavy (non-hydrogen) atoms. The third kappa shape index (κ3) is 2.46. The van der Waals surface area contributed by atoms with Crippen LogP contribution in [0.3, 0.4) is 0 Å². The number of benzene rings is 1. The molecule has 2 aliphatic rings. The van der Waals surface area contributed by atoms with Crippen molar-refractivity contribution >= 4 is 27.7 Å². The Hall–Kier alpha value is -1.36. The van der Waals surface area contributed by atoms with Gasteiger partial charge in [0.2, 0.25) is 5.91 Å². The fraction of sp³-hybridized carbons (Fsp3) is 0.467. The molecule has 0 radical (unpaired) electrons. The van der Waals surface area contributed by atoms with Crippen molar-refractivity contribution in [2.45, 2.75) is 25.3 Å². The lowest BCUT2D eigenvalue weighted by molar-refractivity contribution is -0.138. The summed E-state index contributed by atoms with van der Waals surface area (Å²) in [4.78, 5) is 28.5. The van der Waals surface area contributed by atoms with Crippen LogP contribution in [0.15, 0.2) is 28.7 Å². The van der Waals surface area contributed by atoms with Crippen LogP contribution in [0.4, 0.5) is 0 Å². The minimum absolute atomic E-state index is 0.0335. The number of likely N-dealkylation sites (tertiary alicyclic amines) is 2. The predicted octanol–water partition coefficient (Wildman–Crippen LogP) is 2.29. The molecular formula is C15H17BrN2O2. The molecule has 1 atom stereocenters. The highest BCUT2D eigenvalue weighted by Crippen LogP contribution is 2.24. The van der Waals surface area contributed by atoms with E-state index < -0.39 is 0 Å². The molecule has 0 aromatic heterocycles. The van der Waals surface area contributed by atoms with Gasteiger partial charge in [-0.25, -0.2) is 0 Å². The fourth-order valence-corrected chi connectivity index (χ4v) is 3.04. The van der Waals surface area contributed by atoms with Gasteiger partial charge in [0.25, 0.3) is 5.91 Å². The smallest absolute Gasteiger partial charge is 0.254 e. The summed E-state index contributed by atoms with van der Waals surface area (Å²) in [6.07, 6.45) is 2.78. The quantitative estimate of drug-likeness (QED) is 0.831. The Balaban J connectivity index is 1.75. The molecule has 1 aromatic carbocycles. The van der Waals surface area contributed by atoms with Crippen LogP contribution in [0.25, 0.3) is 0 Å². The molecule has 2 fully saturated rings. The largest absolute Gasteiger partial charge is 0.341 e. The maximum atomic E-state index is 12.5. The topological polar surface area (TPSA) is 40.6 Å². The highest BCUT2D eigenvalue weighted by molar-refractivity contribution is 9.10. The van der Waals surface area contributed by atoms with Crippen molar-refractivity contribution in [3.8, 4) is 0 Å². The summed E-state index contributed by atoms with van der Waals surface area (Å²) in [5.74, 6) is 0.0908. The molecule has 1 unspecified atom stereocenters. The van der Waals surface area contributed by atoms with Crippen molar-refractivity contribution in [1.29, 1.82) is 0 Å². The van der Waals surface area contributed by atoms with Gasteiger partial charge in [-0.3, -0.25) is 9.59 Å². The standard InChI is InChI=1S/C15H17BrN2O2/c16-12-6-4-11(5-7-12)14(19)18-10-1-3-13(18)15(20)17-8-2-9-17/h4-7,13H,1-3,8-10H2. The van der Waals surface area contributed by atoms with E-state index in [4.69, 9.17) is 0 Å².